The van der Waals surface area contributed by atoms with Gasteiger partial charge in [-0.15, -0.1) is 0 Å². The number of nitrogens with zero attached hydrogens (tertiary/aromatic N) is 3. The van der Waals surface area contributed by atoms with Crippen molar-refractivity contribution in [1.29, 1.82) is 0 Å². The third kappa shape index (κ3) is 6.78. The van der Waals surface area contributed by atoms with E-state index in [2.05, 4.69) is 35.9 Å². The highest BCUT2D eigenvalue weighted by molar-refractivity contribution is 5.71. The minimum Gasteiger partial charge on any atom is -0.482 e. The molecule has 2 aliphatic rings. The normalized spacial score (nSPS) is 18.5. The van der Waals surface area contributed by atoms with Gasteiger partial charge in [0.2, 0.25) is 0 Å². The van der Waals surface area contributed by atoms with E-state index < -0.39 is 5.60 Å². The summed E-state index contributed by atoms with van der Waals surface area (Å²) in [5.41, 5.74) is 0.730. The Labute approximate surface area is 204 Å². The average molecular weight is 477 g/mol. The fraction of sp³-hybridized carbons (Fsp3) is 0.692. The molecule has 0 atom stereocenters. The molecule has 1 aromatic carbocycles. The Morgan fingerprint density at radius 3 is 1.97 bits per heavy atom. The molecule has 0 spiro atoms. The van der Waals surface area contributed by atoms with Crippen LogP contribution in [-0.2, 0) is 14.3 Å². The first kappa shape index (κ1) is 26.1. The van der Waals surface area contributed by atoms with Crippen molar-refractivity contribution in [1.82, 2.24) is 4.90 Å². The van der Waals surface area contributed by atoms with Crippen molar-refractivity contribution in [2.75, 3.05) is 58.9 Å². The van der Waals surface area contributed by atoms with Gasteiger partial charge in [-0.3, -0.25) is 0 Å². The van der Waals surface area contributed by atoms with Gasteiger partial charge in [0, 0.05) is 57.5 Å². The number of hydrogen-bond donors (Lipinski definition) is 0. The lowest BCUT2D eigenvalue weighted by molar-refractivity contribution is -0.940. The standard InChI is InChI=1S/C26H42N3O5/c1-26(2,3)34-25(31)28-17-13-22(14-18-28)29(4,5)21-11-15-27(16-12-21)20-7-9-23(10-8-20)33-19-24(30)32-6/h7-10,21-22H,11-19H2,1-6H3/q+1. The molecule has 2 aliphatic heterocycles. The molecule has 0 aliphatic carbocycles. The highest BCUT2D eigenvalue weighted by Gasteiger charge is 2.40. The molecule has 8 heteroatoms. The Bertz CT molecular complexity index is 818. The predicted octanol–water partition coefficient (Wildman–Crippen LogP) is 3.68. The minimum atomic E-state index is -0.451. The van der Waals surface area contributed by atoms with Crippen LogP contribution in [-0.4, -0.2) is 93.1 Å². The molecule has 190 valence electrons. The van der Waals surface area contributed by atoms with E-state index in [1.807, 2.05) is 37.8 Å². The van der Waals surface area contributed by atoms with Crippen LogP contribution in [0, 0.1) is 0 Å². The van der Waals surface area contributed by atoms with Crippen LogP contribution in [0.4, 0.5) is 10.5 Å². The van der Waals surface area contributed by atoms with E-state index in [9.17, 15) is 9.59 Å². The van der Waals surface area contributed by atoms with E-state index in [-0.39, 0.29) is 18.7 Å². The summed E-state index contributed by atoms with van der Waals surface area (Å²) >= 11 is 0. The second-order valence-corrected chi connectivity index (χ2v) is 10.9. The summed E-state index contributed by atoms with van der Waals surface area (Å²) in [5.74, 6) is 0.280. The van der Waals surface area contributed by atoms with Crippen LogP contribution in [0.3, 0.4) is 0 Å². The second-order valence-electron chi connectivity index (χ2n) is 10.9. The number of quaternary nitrogens is 1. The Kier molecular flexibility index (Phi) is 8.34. The number of rotatable bonds is 6. The number of carbonyl (C=O) groups excluding carboxylic acids is 2. The van der Waals surface area contributed by atoms with Crippen molar-refractivity contribution < 1.29 is 28.3 Å². The summed E-state index contributed by atoms with van der Waals surface area (Å²) in [6, 6.07) is 9.09. The van der Waals surface area contributed by atoms with Crippen LogP contribution >= 0.6 is 0 Å². The first-order valence-electron chi connectivity index (χ1n) is 12.4. The zero-order valence-corrected chi connectivity index (χ0v) is 21.7. The van der Waals surface area contributed by atoms with Gasteiger partial charge < -0.3 is 28.5 Å². The first-order valence-corrected chi connectivity index (χ1v) is 12.4. The van der Waals surface area contributed by atoms with Crippen molar-refractivity contribution in [2.45, 2.75) is 64.1 Å². The van der Waals surface area contributed by atoms with Crippen LogP contribution in [0.2, 0.25) is 0 Å². The van der Waals surface area contributed by atoms with Gasteiger partial charge in [-0.2, -0.15) is 0 Å². The van der Waals surface area contributed by atoms with Crippen LogP contribution < -0.4 is 9.64 Å². The van der Waals surface area contributed by atoms with Gasteiger partial charge in [0.1, 0.15) is 11.4 Å². The number of esters is 1. The number of amides is 1. The molecule has 0 saturated carbocycles. The molecule has 0 unspecified atom stereocenters. The Hall–Kier alpha value is -2.48. The number of benzene rings is 1. The summed E-state index contributed by atoms with van der Waals surface area (Å²) in [4.78, 5) is 27.9. The van der Waals surface area contributed by atoms with E-state index in [0.717, 1.165) is 56.3 Å². The number of anilines is 1. The lowest BCUT2D eigenvalue weighted by Gasteiger charge is -2.49. The number of carbonyl (C=O) groups is 2. The fourth-order valence-corrected chi connectivity index (χ4v) is 5.08. The van der Waals surface area contributed by atoms with E-state index in [4.69, 9.17) is 9.47 Å². The molecule has 0 N–H and O–H groups in total. The van der Waals surface area contributed by atoms with Crippen molar-refractivity contribution in [3.05, 3.63) is 24.3 Å². The van der Waals surface area contributed by atoms with E-state index in [1.165, 1.54) is 12.8 Å². The molecule has 1 amide bonds. The molecule has 1 aromatic rings. The van der Waals surface area contributed by atoms with Gasteiger partial charge >= 0.3 is 12.1 Å². The average Bonchev–Trinajstić information content (AvgIpc) is 2.82. The maximum atomic E-state index is 12.4. The Morgan fingerprint density at radius 2 is 1.47 bits per heavy atom. The SMILES string of the molecule is COC(=O)COc1ccc(N2CCC([N+](C)(C)C3CCN(C(=O)OC(C)(C)C)CC3)CC2)cc1. The van der Waals surface area contributed by atoms with Crippen molar-refractivity contribution in [3.8, 4) is 5.75 Å². The van der Waals surface area contributed by atoms with E-state index in [1.54, 1.807) is 0 Å². The summed E-state index contributed by atoms with van der Waals surface area (Å²) in [7, 11) is 6.08. The van der Waals surface area contributed by atoms with Crippen molar-refractivity contribution in [2.24, 2.45) is 0 Å². The molecule has 0 radical (unpaired) electrons. The maximum absolute atomic E-state index is 12.4. The molecule has 2 saturated heterocycles. The van der Waals surface area contributed by atoms with E-state index in [0.29, 0.717) is 17.8 Å². The minimum absolute atomic E-state index is 0.0784. The molecule has 34 heavy (non-hydrogen) atoms. The van der Waals surface area contributed by atoms with Gasteiger partial charge in [-0.1, -0.05) is 0 Å². The van der Waals surface area contributed by atoms with Crippen LogP contribution in [0.15, 0.2) is 24.3 Å². The first-order chi connectivity index (χ1) is 16.0. The van der Waals surface area contributed by atoms with Gasteiger partial charge in [-0.25, -0.2) is 9.59 Å². The zero-order chi connectivity index (χ0) is 24.9. The molecular weight excluding hydrogens is 434 g/mol. The third-order valence-corrected chi connectivity index (χ3v) is 7.25. The van der Waals surface area contributed by atoms with Gasteiger partial charge in [-0.05, 0) is 45.0 Å². The predicted molar refractivity (Wildman–Crippen MR) is 132 cm³/mol. The second kappa shape index (κ2) is 10.8. The number of hydrogen-bond acceptors (Lipinski definition) is 6. The zero-order valence-electron chi connectivity index (χ0n) is 21.7. The van der Waals surface area contributed by atoms with Crippen LogP contribution in [0.1, 0.15) is 46.5 Å². The molecule has 8 nitrogen and oxygen atoms in total. The Morgan fingerprint density at radius 1 is 0.941 bits per heavy atom. The number of likely N-dealkylation sites (tertiary alicyclic amines) is 1. The molecule has 2 fully saturated rings. The van der Waals surface area contributed by atoms with Crippen LogP contribution in [0.25, 0.3) is 0 Å². The smallest absolute Gasteiger partial charge is 0.410 e. The summed E-state index contributed by atoms with van der Waals surface area (Å²) in [5, 5.41) is 0. The number of methoxy groups -OCH3 is 1. The van der Waals surface area contributed by atoms with Gasteiger partial charge in [0.15, 0.2) is 6.61 Å². The van der Waals surface area contributed by atoms with Gasteiger partial charge in [0.05, 0.1) is 33.3 Å². The van der Waals surface area contributed by atoms with Gasteiger partial charge in [0.25, 0.3) is 0 Å². The lowest BCUT2D eigenvalue weighted by Crippen LogP contribution is -2.61. The summed E-state index contributed by atoms with van der Waals surface area (Å²) in [6.07, 6.45) is 4.12. The quantitative estimate of drug-likeness (QED) is 0.461. The van der Waals surface area contributed by atoms with E-state index >= 15 is 0 Å². The molecular formula is C26H42N3O5+. The summed E-state index contributed by atoms with van der Waals surface area (Å²) < 4.78 is 16.6. The highest BCUT2D eigenvalue weighted by Crippen LogP contribution is 2.31. The molecule has 3 rings (SSSR count). The maximum Gasteiger partial charge on any atom is 0.410 e. The fourth-order valence-electron chi connectivity index (χ4n) is 5.08. The number of ether oxygens (including phenoxy) is 3. The topological polar surface area (TPSA) is 68.3 Å². The number of piperidine rings is 2. The van der Waals surface area contributed by atoms with Crippen LogP contribution in [0.5, 0.6) is 5.75 Å². The highest BCUT2D eigenvalue weighted by atomic mass is 16.6. The molecule has 2 heterocycles. The molecule has 0 bridgehead atoms. The Balaban J connectivity index is 1.48. The van der Waals surface area contributed by atoms with Crippen molar-refractivity contribution in [3.63, 3.8) is 0 Å². The third-order valence-electron chi connectivity index (χ3n) is 7.25. The van der Waals surface area contributed by atoms with Crippen molar-refractivity contribution >= 4 is 17.7 Å². The molecule has 0 aromatic heterocycles. The summed E-state index contributed by atoms with van der Waals surface area (Å²) in [6.45, 7) is 9.24. The monoisotopic (exact) mass is 476 g/mol. The largest absolute Gasteiger partial charge is 0.482 e. The lowest BCUT2D eigenvalue weighted by atomic mass is 9.94.